The van der Waals surface area contributed by atoms with Crippen LogP contribution >= 0.6 is 0 Å². The molecule has 1 aliphatic heterocycles. The number of rotatable bonds is 7. The van der Waals surface area contributed by atoms with Crippen LogP contribution in [0.4, 0.5) is 0 Å². The van der Waals surface area contributed by atoms with Crippen LogP contribution in [0.1, 0.15) is 59.8 Å². The maximum absolute atomic E-state index is 12.9. The molecule has 0 radical (unpaired) electrons. The molecule has 11 heteroatoms. The SMILES string of the molecule is Cc1ccc(C#CCNC(=O)c2ccc(-c3cc4cccc(-c5cc(C(C)C)c6c(c5)n(C)c(=O)n6C)c4cn3)cn2)cc1OC1CCC(=O)NC1=O. The molecular formula is C42H38N6O5. The molecule has 0 bridgehead atoms. The monoisotopic (exact) mass is 706 g/mol. The van der Waals surface area contributed by atoms with Gasteiger partial charge in [-0.05, 0) is 82.9 Å². The van der Waals surface area contributed by atoms with Crippen molar-refractivity contribution < 1.29 is 19.1 Å². The lowest BCUT2D eigenvalue weighted by molar-refractivity contribution is -0.138. The molecule has 0 aliphatic carbocycles. The number of imide groups is 1. The summed E-state index contributed by atoms with van der Waals surface area (Å²) in [5, 5.41) is 7.07. The summed E-state index contributed by atoms with van der Waals surface area (Å²) in [6.45, 7) is 6.24. The Hall–Kier alpha value is -6.54. The average Bonchev–Trinajstić information content (AvgIpc) is 3.37. The number of pyridine rings is 2. The smallest absolute Gasteiger partial charge is 0.328 e. The van der Waals surface area contributed by atoms with Crippen molar-refractivity contribution in [3.05, 3.63) is 112 Å². The molecule has 2 N–H and O–H groups in total. The fourth-order valence-electron chi connectivity index (χ4n) is 6.65. The van der Waals surface area contributed by atoms with Gasteiger partial charge < -0.3 is 10.1 Å². The summed E-state index contributed by atoms with van der Waals surface area (Å²) in [6, 6.07) is 21.3. The lowest BCUT2D eigenvalue weighted by Gasteiger charge is -2.22. The number of nitrogens with zero attached hydrogens (tertiary/aromatic N) is 4. The topological polar surface area (TPSA) is 137 Å². The molecule has 1 fully saturated rings. The van der Waals surface area contributed by atoms with E-state index in [1.165, 1.54) is 0 Å². The van der Waals surface area contributed by atoms with Gasteiger partial charge >= 0.3 is 5.69 Å². The Bertz CT molecular complexity index is 2570. The Kier molecular flexibility index (Phi) is 9.37. The van der Waals surface area contributed by atoms with Crippen molar-refractivity contribution in [3.63, 3.8) is 0 Å². The van der Waals surface area contributed by atoms with Gasteiger partial charge in [-0.3, -0.25) is 38.8 Å². The van der Waals surface area contributed by atoms with Crippen molar-refractivity contribution in [2.45, 2.75) is 45.6 Å². The van der Waals surface area contributed by atoms with Crippen LogP contribution in [0.15, 0.2) is 83.9 Å². The van der Waals surface area contributed by atoms with Gasteiger partial charge in [-0.15, -0.1) is 0 Å². The second-order valence-corrected chi connectivity index (χ2v) is 13.5. The Morgan fingerprint density at radius 2 is 1.81 bits per heavy atom. The zero-order valence-corrected chi connectivity index (χ0v) is 30.1. The van der Waals surface area contributed by atoms with Crippen LogP contribution in [0.25, 0.3) is 44.2 Å². The van der Waals surface area contributed by atoms with Gasteiger partial charge in [0.2, 0.25) is 5.91 Å². The average molecular weight is 707 g/mol. The van der Waals surface area contributed by atoms with Crippen LogP contribution in [-0.4, -0.2) is 49.5 Å². The van der Waals surface area contributed by atoms with Crippen molar-refractivity contribution in [2.24, 2.45) is 14.1 Å². The molecule has 266 valence electrons. The highest BCUT2D eigenvalue weighted by atomic mass is 16.5. The van der Waals surface area contributed by atoms with E-state index in [2.05, 4.69) is 59.5 Å². The minimum Gasteiger partial charge on any atom is -0.480 e. The Balaban J connectivity index is 1.04. The van der Waals surface area contributed by atoms with E-state index in [9.17, 15) is 19.2 Å². The van der Waals surface area contributed by atoms with Crippen LogP contribution in [0.3, 0.4) is 0 Å². The van der Waals surface area contributed by atoms with Crippen molar-refractivity contribution in [2.75, 3.05) is 6.54 Å². The predicted molar refractivity (Wildman–Crippen MR) is 203 cm³/mol. The highest BCUT2D eigenvalue weighted by Gasteiger charge is 2.28. The van der Waals surface area contributed by atoms with E-state index in [-0.39, 0.29) is 42.1 Å². The number of aryl methyl sites for hydroxylation is 3. The molecule has 3 aromatic carbocycles. The molecule has 3 amide bonds. The number of benzene rings is 3. The number of ether oxygens (including phenoxy) is 1. The maximum atomic E-state index is 12.9. The minimum absolute atomic E-state index is 0.0526. The van der Waals surface area contributed by atoms with Crippen LogP contribution < -0.4 is 21.1 Å². The van der Waals surface area contributed by atoms with Gasteiger partial charge in [0.15, 0.2) is 6.10 Å². The lowest BCUT2D eigenvalue weighted by Crippen LogP contribution is -2.46. The Morgan fingerprint density at radius 1 is 0.981 bits per heavy atom. The first-order valence-corrected chi connectivity index (χ1v) is 17.4. The summed E-state index contributed by atoms with van der Waals surface area (Å²) in [6.07, 6.45) is 3.30. The standard InChI is InChI=1S/C42H38N6O5/c1-24(2)31-19-29(21-35-39(31)48(5)42(52)47(35)4)30-10-6-9-27-20-34(45-23-32(27)30)28-13-14-33(44-22-28)40(50)43-17-7-8-26-12-11-25(3)37(18-26)53-36-15-16-38(49)46-41(36)51/h6,9-14,18-24,36H,15-17H2,1-5H3,(H,43,50)(H,46,49,51). The summed E-state index contributed by atoms with van der Waals surface area (Å²) in [7, 11) is 3.62. The van der Waals surface area contributed by atoms with Crippen LogP contribution in [0.2, 0.25) is 0 Å². The summed E-state index contributed by atoms with van der Waals surface area (Å²) in [4.78, 5) is 58.4. The van der Waals surface area contributed by atoms with E-state index in [1.54, 1.807) is 34.5 Å². The number of aromatic nitrogens is 4. The number of hydrogen-bond acceptors (Lipinski definition) is 7. The third-order valence-electron chi connectivity index (χ3n) is 9.60. The zero-order valence-electron chi connectivity index (χ0n) is 30.1. The zero-order chi connectivity index (χ0) is 37.4. The molecule has 7 rings (SSSR count). The van der Waals surface area contributed by atoms with Gasteiger partial charge in [0.05, 0.1) is 23.3 Å². The van der Waals surface area contributed by atoms with Crippen molar-refractivity contribution in [1.29, 1.82) is 0 Å². The maximum Gasteiger partial charge on any atom is 0.328 e. The van der Waals surface area contributed by atoms with Gasteiger partial charge in [-0.25, -0.2) is 4.79 Å². The molecular weight excluding hydrogens is 668 g/mol. The molecule has 1 unspecified atom stereocenters. The van der Waals surface area contributed by atoms with Crippen LogP contribution in [0, 0.1) is 18.8 Å². The largest absolute Gasteiger partial charge is 0.480 e. The van der Waals surface area contributed by atoms with E-state index in [0.717, 1.165) is 55.3 Å². The predicted octanol–water partition coefficient (Wildman–Crippen LogP) is 5.55. The molecule has 4 heterocycles. The van der Waals surface area contributed by atoms with E-state index in [4.69, 9.17) is 9.72 Å². The third-order valence-corrected chi connectivity index (χ3v) is 9.60. The fourth-order valence-corrected chi connectivity index (χ4v) is 6.65. The molecule has 1 atom stereocenters. The van der Waals surface area contributed by atoms with Crippen molar-refractivity contribution in [1.82, 2.24) is 29.7 Å². The van der Waals surface area contributed by atoms with E-state index >= 15 is 0 Å². The lowest BCUT2D eigenvalue weighted by atomic mass is 9.93. The third kappa shape index (κ3) is 6.91. The Labute approximate surface area is 306 Å². The van der Waals surface area contributed by atoms with Gasteiger partial charge in [0, 0.05) is 55.8 Å². The highest BCUT2D eigenvalue weighted by Crippen LogP contribution is 2.35. The van der Waals surface area contributed by atoms with Crippen LogP contribution in [-0.2, 0) is 23.7 Å². The number of amides is 3. The molecule has 0 saturated carbocycles. The van der Waals surface area contributed by atoms with E-state index in [1.807, 2.05) is 56.6 Å². The summed E-state index contributed by atoms with van der Waals surface area (Å²) < 4.78 is 9.30. The number of imidazole rings is 1. The minimum atomic E-state index is -0.739. The molecule has 1 aliphatic rings. The van der Waals surface area contributed by atoms with E-state index in [0.29, 0.717) is 17.7 Å². The number of piperidine rings is 1. The number of nitrogens with one attached hydrogen (secondary N) is 2. The number of hydrogen-bond donors (Lipinski definition) is 2. The summed E-state index contributed by atoms with van der Waals surface area (Å²) in [5.41, 5.74) is 8.19. The highest BCUT2D eigenvalue weighted by molar-refractivity contribution is 6.01. The molecule has 11 nitrogen and oxygen atoms in total. The first kappa shape index (κ1) is 34.9. The van der Waals surface area contributed by atoms with Gasteiger partial charge in [0.1, 0.15) is 11.4 Å². The number of fused-ring (bicyclic) bond motifs is 2. The number of carbonyl (C=O) groups is 3. The molecule has 53 heavy (non-hydrogen) atoms. The second-order valence-electron chi connectivity index (χ2n) is 13.5. The molecule has 1 saturated heterocycles. The summed E-state index contributed by atoms with van der Waals surface area (Å²) >= 11 is 0. The molecule has 3 aromatic heterocycles. The first-order valence-electron chi connectivity index (χ1n) is 17.4. The van der Waals surface area contributed by atoms with Gasteiger partial charge in [-0.2, -0.15) is 0 Å². The van der Waals surface area contributed by atoms with Gasteiger partial charge in [-0.1, -0.05) is 50.0 Å². The molecule has 0 spiro atoms. The summed E-state index contributed by atoms with van der Waals surface area (Å²) in [5.74, 6) is 5.59. The van der Waals surface area contributed by atoms with Crippen molar-refractivity contribution in [3.8, 4) is 40.0 Å². The van der Waals surface area contributed by atoms with E-state index < -0.39 is 12.0 Å². The number of carbonyl (C=O) groups excluding carboxylic acids is 3. The molecule has 6 aromatic rings. The van der Waals surface area contributed by atoms with Crippen LogP contribution in [0.5, 0.6) is 5.75 Å². The quantitative estimate of drug-likeness (QED) is 0.164. The van der Waals surface area contributed by atoms with Gasteiger partial charge in [0.25, 0.3) is 11.8 Å². The second kappa shape index (κ2) is 14.2. The Morgan fingerprint density at radius 3 is 2.57 bits per heavy atom. The first-order chi connectivity index (χ1) is 25.5. The fraction of sp³-hybridized carbons (Fsp3) is 0.238. The van der Waals surface area contributed by atoms with Crippen molar-refractivity contribution >= 4 is 39.5 Å². The normalized spacial score (nSPS) is 14.3.